The number of nitrogen functional groups attached to an aromatic ring is 1. The highest BCUT2D eigenvalue weighted by molar-refractivity contribution is 6.04. The number of methoxy groups -OCH3 is 6. The molecule has 200 valence electrons. The Morgan fingerprint density at radius 3 is 1.79 bits per heavy atom. The van der Waals surface area contributed by atoms with Gasteiger partial charge in [0.05, 0.1) is 54.0 Å². The molecule has 9 nitrogen and oxygen atoms in total. The number of nitrogens with two attached hydrogens (primary N) is 1. The van der Waals surface area contributed by atoms with Crippen LogP contribution in [0.1, 0.15) is 16.7 Å². The number of ether oxygens (including phenoxy) is 6. The quantitative estimate of drug-likeness (QED) is 0.203. The molecule has 0 saturated heterocycles. The van der Waals surface area contributed by atoms with Gasteiger partial charge in [-0.1, -0.05) is 24.3 Å². The van der Waals surface area contributed by atoms with Crippen LogP contribution in [0.4, 0.5) is 11.4 Å². The Labute approximate surface area is 222 Å². The molecule has 3 aromatic rings. The SMILES string of the molecule is COc1cccc(/C=C/c2cc(OC)c(OC)c(OC)c2)c1NC(=O)/C=C/c1cc(N)c(OC)c(OC)c1. The highest BCUT2D eigenvalue weighted by Gasteiger charge is 2.14. The topological polar surface area (TPSA) is 111 Å². The van der Waals surface area contributed by atoms with E-state index in [4.69, 9.17) is 34.2 Å². The Balaban J connectivity index is 1.89. The Morgan fingerprint density at radius 1 is 0.684 bits per heavy atom. The summed E-state index contributed by atoms with van der Waals surface area (Å²) in [6, 6.07) is 12.6. The molecule has 0 heterocycles. The molecule has 3 aromatic carbocycles. The van der Waals surface area contributed by atoms with E-state index in [2.05, 4.69) is 5.32 Å². The normalized spacial score (nSPS) is 10.9. The molecule has 3 rings (SSSR count). The fourth-order valence-corrected chi connectivity index (χ4v) is 3.82. The fourth-order valence-electron chi connectivity index (χ4n) is 3.82. The molecule has 0 atom stereocenters. The van der Waals surface area contributed by atoms with Crippen molar-refractivity contribution in [2.24, 2.45) is 0 Å². The van der Waals surface area contributed by atoms with Crippen molar-refractivity contribution in [1.29, 1.82) is 0 Å². The highest BCUT2D eigenvalue weighted by atomic mass is 16.5. The Morgan fingerprint density at radius 2 is 1.24 bits per heavy atom. The monoisotopic (exact) mass is 520 g/mol. The lowest BCUT2D eigenvalue weighted by molar-refractivity contribution is -0.111. The predicted molar refractivity (Wildman–Crippen MR) is 150 cm³/mol. The summed E-state index contributed by atoms with van der Waals surface area (Å²) in [5.41, 5.74) is 9.18. The first-order valence-electron chi connectivity index (χ1n) is 11.5. The first kappa shape index (κ1) is 27.8. The van der Waals surface area contributed by atoms with E-state index in [1.54, 1.807) is 52.7 Å². The molecule has 0 bridgehead atoms. The minimum Gasteiger partial charge on any atom is -0.495 e. The van der Waals surface area contributed by atoms with Gasteiger partial charge in [-0.2, -0.15) is 0 Å². The zero-order valence-electron chi connectivity index (χ0n) is 22.3. The van der Waals surface area contributed by atoms with Crippen molar-refractivity contribution in [3.05, 3.63) is 65.2 Å². The smallest absolute Gasteiger partial charge is 0.248 e. The van der Waals surface area contributed by atoms with Crippen LogP contribution in [0.25, 0.3) is 18.2 Å². The second-order valence-corrected chi connectivity index (χ2v) is 7.88. The van der Waals surface area contributed by atoms with Gasteiger partial charge in [-0.05, 0) is 47.5 Å². The first-order valence-corrected chi connectivity index (χ1v) is 11.5. The summed E-state index contributed by atoms with van der Waals surface area (Å²) in [5.74, 6) is 2.63. The maximum Gasteiger partial charge on any atom is 0.248 e. The lowest BCUT2D eigenvalue weighted by Crippen LogP contribution is -2.10. The van der Waals surface area contributed by atoms with E-state index in [9.17, 15) is 4.79 Å². The molecule has 0 aliphatic carbocycles. The number of para-hydroxylation sites is 1. The van der Waals surface area contributed by atoms with Crippen molar-refractivity contribution in [3.63, 3.8) is 0 Å². The second-order valence-electron chi connectivity index (χ2n) is 7.88. The number of rotatable bonds is 11. The number of anilines is 2. The molecular weight excluding hydrogens is 488 g/mol. The Kier molecular flexibility index (Phi) is 9.48. The number of hydrogen-bond acceptors (Lipinski definition) is 8. The zero-order valence-corrected chi connectivity index (χ0v) is 22.3. The Hall–Kier alpha value is -4.79. The third-order valence-electron chi connectivity index (χ3n) is 5.63. The molecule has 0 aromatic heterocycles. The predicted octanol–water partition coefficient (Wildman–Crippen LogP) is 5.14. The van der Waals surface area contributed by atoms with Crippen molar-refractivity contribution in [2.45, 2.75) is 0 Å². The molecular formula is C29H32N2O7. The number of amides is 1. The fraction of sp³-hybridized carbons (Fsp3) is 0.207. The average Bonchev–Trinajstić information content (AvgIpc) is 2.94. The van der Waals surface area contributed by atoms with Crippen LogP contribution in [0.3, 0.4) is 0 Å². The van der Waals surface area contributed by atoms with Crippen LogP contribution in [0.2, 0.25) is 0 Å². The van der Waals surface area contributed by atoms with Gasteiger partial charge in [-0.15, -0.1) is 0 Å². The Bertz CT molecular complexity index is 1320. The van der Waals surface area contributed by atoms with Gasteiger partial charge in [0.1, 0.15) is 5.75 Å². The second kappa shape index (κ2) is 13.0. The molecule has 0 fully saturated rings. The summed E-state index contributed by atoms with van der Waals surface area (Å²) < 4.78 is 32.4. The van der Waals surface area contributed by atoms with Crippen LogP contribution in [0, 0.1) is 0 Å². The minimum atomic E-state index is -0.356. The molecule has 1 amide bonds. The average molecular weight is 521 g/mol. The van der Waals surface area contributed by atoms with Gasteiger partial charge >= 0.3 is 0 Å². The maximum atomic E-state index is 12.9. The van der Waals surface area contributed by atoms with E-state index in [0.717, 1.165) is 11.1 Å². The van der Waals surface area contributed by atoms with Crippen LogP contribution in [0.15, 0.2) is 48.5 Å². The van der Waals surface area contributed by atoms with Gasteiger partial charge in [0, 0.05) is 11.6 Å². The number of nitrogens with one attached hydrogen (secondary N) is 1. The van der Waals surface area contributed by atoms with Crippen LogP contribution in [-0.2, 0) is 4.79 Å². The third kappa shape index (κ3) is 6.31. The van der Waals surface area contributed by atoms with E-state index < -0.39 is 0 Å². The molecule has 0 radical (unpaired) electrons. The number of carbonyl (C=O) groups is 1. The molecule has 0 aliphatic heterocycles. The third-order valence-corrected chi connectivity index (χ3v) is 5.63. The highest BCUT2D eigenvalue weighted by Crippen LogP contribution is 2.39. The molecule has 0 unspecified atom stereocenters. The largest absolute Gasteiger partial charge is 0.495 e. The summed E-state index contributed by atoms with van der Waals surface area (Å²) in [4.78, 5) is 12.9. The van der Waals surface area contributed by atoms with Gasteiger partial charge < -0.3 is 39.5 Å². The van der Waals surface area contributed by atoms with Crippen molar-refractivity contribution in [1.82, 2.24) is 0 Å². The van der Waals surface area contributed by atoms with Crippen LogP contribution >= 0.6 is 0 Å². The summed E-state index contributed by atoms with van der Waals surface area (Å²) in [6.45, 7) is 0. The molecule has 3 N–H and O–H groups in total. The maximum absolute atomic E-state index is 12.9. The van der Waals surface area contributed by atoms with Gasteiger partial charge in [0.25, 0.3) is 0 Å². The van der Waals surface area contributed by atoms with Crippen molar-refractivity contribution < 1.29 is 33.2 Å². The summed E-state index contributed by atoms with van der Waals surface area (Å²) in [6.07, 6.45) is 6.77. The van der Waals surface area contributed by atoms with E-state index in [1.165, 1.54) is 20.3 Å². The van der Waals surface area contributed by atoms with Crippen molar-refractivity contribution in [3.8, 4) is 34.5 Å². The summed E-state index contributed by atoms with van der Waals surface area (Å²) in [5, 5.41) is 2.91. The zero-order chi connectivity index (χ0) is 27.7. The minimum absolute atomic E-state index is 0.356. The molecule has 38 heavy (non-hydrogen) atoms. The van der Waals surface area contributed by atoms with E-state index in [1.807, 2.05) is 36.4 Å². The lowest BCUT2D eigenvalue weighted by Gasteiger charge is -2.14. The van der Waals surface area contributed by atoms with Gasteiger partial charge in [0.2, 0.25) is 11.7 Å². The van der Waals surface area contributed by atoms with Gasteiger partial charge in [0.15, 0.2) is 23.0 Å². The van der Waals surface area contributed by atoms with Gasteiger partial charge in [-0.3, -0.25) is 4.79 Å². The van der Waals surface area contributed by atoms with Crippen LogP contribution in [0.5, 0.6) is 34.5 Å². The molecule has 0 spiro atoms. The van der Waals surface area contributed by atoms with E-state index in [-0.39, 0.29) is 5.91 Å². The van der Waals surface area contributed by atoms with Crippen LogP contribution < -0.4 is 39.5 Å². The number of hydrogen-bond donors (Lipinski definition) is 2. The van der Waals surface area contributed by atoms with E-state index >= 15 is 0 Å². The standard InChI is InChI=1S/C29H32N2O7/c1-33-22-9-7-8-20(12-10-19-16-24(35-3)29(38-6)25(17-19)36-4)27(22)31-26(32)13-11-18-14-21(30)28(37-5)23(15-18)34-2/h7-17H,30H2,1-6H3,(H,31,32)/b12-10+,13-11+. The van der Waals surface area contributed by atoms with E-state index in [0.29, 0.717) is 51.4 Å². The molecule has 0 aliphatic rings. The van der Waals surface area contributed by atoms with Crippen LogP contribution in [-0.4, -0.2) is 48.6 Å². The molecule has 9 heteroatoms. The summed E-state index contributed by atoms with van der Waals surface area (Å²) >= 11 is 0. The summed E-state index contributed by atoms with van der Waals surface area (Å²) in [7, 11) is 9.24. The van der Waals surface area contributed by atoms with Crippen molar-refractivity contribution >= 4 is 35.5 Å². The number of carbonyl (C=O) groups excluding carboxylic acids is 1. The van der Waals surface area contributed by atoms with Gasteiger partial charge in [-0.25, -0.2) is 0 Å². The molecule has 0 saturated carbocycles. The first-order chi connectivity index (χ1) is 18.4. The lowest BCUT2D eigenvalue weighted by atomic mass is 10.1. The number of benzene rings is 3. The van der Waals surface area contributed by atoms with Crippen molar-refractivity contribution in [2.75, 3.05) is 53.7 Å².